The van der Waals surface area contributed by atoms with E-state index in [0.29, 0.717) is 36.8 Å². The maximum atomic E-state index is 13.2. The third kappa shape index (κ3) is 5.34. The molecule has 1 aromatic rings. The highest BCUT2D eigenvalue weighted by molar-refractivity contribution is 6.31. The first-order chi connectivity index (χ1) is 8.90. The molecule has 0 saturated carbocycles. The number of hydrogen-bond acceptors (Lipinski definition) is 3. The van der Waals surface area contributed by atoms with Crippen LogP contribution in [-0.4, -0.2) is 19.0 Å². The van der Waals surface area contributed by atoms with Crippen molar-refractivity contribution in [3.63, 3.8) is 0 Å². The summed E-state index contributed by atoms with van der Waals surface area (Å²) in [6.07, 6.45) is 0.302. The lowest BCUT2D eigenvalue weighted by Gasteiger charge is -2.11. The first kappa shape index (κ1) is 15.6. The van der Waals surface area contributed by atoms with Crippen LogP contribution < -0.4 is 16.4 Å². The number of halogens is 2. The number of benzene rings is 1. The Morgan fingerprint density at radius 1 is 1.47 bits per heavy atom. The van der Waals surface area contributed by atoms with Gasteiger partial charge in [0.1, 0.15) is 5.82 Å². The summed E-state index contributed by atoms with van der Waals surface area (Å²) in [6.45, 7) is 5.08. The van der Waals surface area contributed by atoms with Gasteiger partial charge >= 0.3 is 0 Å². The molecule has 0 heterocycles. The van der Waals surface area contributed by atoms with Crippen molar-refractivity contribution < 1.29 is 9.18 Å². The van der Waals surface area contributed by atoms with E-state index in [1.54, 1.807) is 0 Å². The summed E-state index contributed by atoms with van der Waals surface area (Å²) < 4.78 is 13.2. The van der Waals surface area contributed by atoms with Crippen molar-refractivity contribution in [2.24, 2.45) is 5.92 Å². The second-order valence-corrected chi connectivity index (χ2v) is 5.14. The zero-order chi connectivity index (χ0) is 14.4. The van der Waals surface area contributed by atoms with E-state index in [1.807, 2.05) is 13.8 Å². The molecule has 0 fully saturated rings. The van der Waals surface area contributed by atoms with E-state index in [-0.39, 0.29) is 10.9 Å². The standard InChI is InChI=1S/C13H19ClFN3O/c1-8(2)7-18-13(19)3-4-17-12-6-10(15)9(14)5-11(12)16/h5-6,8,17H,3-4,7,16H2,1-2H3,(H,18,19). The normalized spacial score (nSPS) is 10.6. The van der Waals surface area contributed by atoms with E-state index in [0.717, 1.165) is 0 Å². The number of carbonyl (C=O) groups excluding carboxylic acids is 1. The minimum absolute atomic E-state index is 0.0160. The molecule has 1 amide bonds. The summed E-state index contributed by atoms with van der Waals surface area (Å²) in [5.74, 6) is -0.172. The smallest absolute Gasteiger partial charge is 0.221 e. The lowest BCUT2D eigenvalue weighted by Crippen LogP contribution is -2.28. The first-order valence-corrected chi connectivity index (χ1v) is 6.53. The molecular weight excluding hydrogens is 269 g/mol. The number of amides is 1. The average molecular weight is 288 g/mol. The van der Waals surface area contributed by atoms with Crippen molar-refractivity contribution in [2.45, 2.75) is 20.3 Å². The minimum Gasteiger partial charge on any atom is -0.397 e. The van der Waals surface area contributed by atoms with E-state index in [2.05, 4.69) is 10.6 Å². The van der Waals surface area contributed by atoms with E-state index in [9.17, 15) is 9.18 Å². The highest BCUT2D eigenvalue weighted by Crippen LogP contribution is 2.25. The molecule has 0 saturated heterocycles. The summed E-state index contributed by atoms with van der Waals surface area (Å²) in [6, 6.07) is 2.57. The van der Waals surface area contributed by atoms with Gasteiger partial charge in [0.05, 0.1) is 16.4 Å². The number of nitrogens with two attached hydrogens (primary N) is 1. The average Bonchev–Trinajstić information content (AvgIpc) is 2.33. The molecule has 0 spiro atoms. The first-order valence-electron chi connectivity index (χ1n) is 6.15. The zero-order valence-electron chi connectivity index (χ0n) is 11.1. The molecule has 19 heavy (non-hydrogen) atoms. The third-order valence-electron chi connectivity index (χ3n) is 2.47. The van der Waals surface area contributed by atoms with Gasteiger partial charge in [-0.1, -0.05) is 25.4 Å². The molecule has 106 valence electrons. The van der Waals surface area contributed by atoms with Gasteiger partial charge in [-0.3, -0.25) is 4.79 Å². The Kier molecular flexibility index (Phi) is 5.89. The molecule has 6 heteroatoms. The van der Waals surface area contributed by atoms with Crippen LogP contribution in [0.1, 0.15) is 20.3 Å². The van der Waals surface area contributed by atoms with Gasteiger partial charge in [0.25, 0.3) is 0 Å². The maximum Gasteiger partial charge on any atom is 0.221 e. The molecule has 0 aliphatic rings. The Bertz CT molecular complexity index is 452. The van der Waals surface area contributed by atoms with Crippen LogP contribution in [0.25, 0.3) is 0 Å². The highest BCUT2D eigenvalue weighted by atomic mass is 35.5. The Morgan fingerprint density at radius 3 is 2.79 bits per heavy atom. The fourth-order valence-electron chi connectivity index (χ4n) is 1.43. The van der Waals surface area contributed by atoms with Crippen LogP contribution >= 0.6 is 11.6 Å². The summed E-state index contributed by atoms with van der Waals surface area (Å²) in [4.78, 5) is 11.5. The van der Waals surface area contributed by atoms with Crippen molar-refractivity contribution in [1.29, 1.82) is 0 Å². The fraction of sp³-hybridized carbons (Fsp3) is 0.462. The van der Waals surface area contributed by atoms with Crippen LogP contribution in [0.3, 0.4) is 0 Å². The van der Waals surface area contributed by atoms with Crippen LogP contribution in [0, 0.1) is 11.7 Å². The van der Waals surface area contributed by atoms with Crippen molar-refractivity contribution in [3.8, 4) is 0 Å². The van der Waals surface area contributed by atoms with Gasteiger partial charge < -0.3 is 16.4 Å². The van der Waals surface area contributed by atoms with Gasteiger partial charge in [0, 0.05) is 25.6 Å². The van der Waals surface area contributed by atoms with E-state index in [4.69, 9.17) is 17.3 Å². The summed E-state index contributed by atoms with van der Waals surface area (Å²) in [5.41, 5.74) is 6.49. The quantitative estimate of drug-likeness (QED) is 0.705. The molecule has 4 nitrogen and oxygen atoms in total. The van der Waals surface area contributed by atoms with Crippen molar-refractivity contribution in [2.75, 3.05) is 24.1 Å². The predicted molar refractivity (Wildman–Crippen MR) is 76.8 cm³/mol. The van der Waals surface area contributed by atoms with Crippen molar-refractivity contribution >= 4 is 28.9 Å². The van der Waals surface area contributed by atoms with Crippen LogP contribution in [0.5, 0.6) is 0 Å². The lowest BCUT2D eigenvalue weighted by molar-refractivity contribution is -0.120. The number of rotatable bonds is 6. The van der Waals surface area contributed by atoms with Crippen molar-refractivity contribution in [3.05, 3.63) is 23.0 Å². The molecule has 0 unspecified atom stereocenters. The van der Waals surface area contributed by atoms with E-state index < -0.39 is 5.82 Å². The number of hydrogen-bond donors (Lipinski definition) is 3. The molecule has 1 aromatic carbocycles. The Balaban J connectivity index is 2.41. The molecule has 0 aliphatic carbocycles. The second-order valence-electron chi connectivity index (χ2n) is 4.73. The SMILES string of the molecule is CC(C)CNC(=O)CCNc1cc(F)c(Cl)cc1N. The minimum atomic E-state index is -0.539. The predicted octanol–water partition coefficient (Wildman–Crippen LogP) is 2.64. The molecule has 0 bridgehead atoms. The van der Waals surface area contributed by atoms with Gasteiger partial charge in [-0.2, -0.15) is 0 Å². The topological polar surface area (TPSA) is 67.2 Å². The second kappa shape index (κ2) is 7.19. The van der Waals surface area contributed by atoms with Gasteiger partial charge in [-0.15, -0.1) is 0 Å². The molecule has 0 radical (unpaired) electrons. The van der Waals surface area contributed by atoms with Gasteiger partial charge in [-0.05, 0) is 12.0 Å². The summed E-state index contributed by atoms with van der Waals surface area (Å²) in [7, 11) is 0. The number of anilines is 2. The third-order valence-corrected chi connectivity index (χ3v) is 2.76. The Morgan fingerprint density at radius 2 is 2.16 bits per heavy atom. The van der Waals surface area contributed by atoms with Crippen LogP contribution in [-0.2, 0) is 4.79 Å². The number of carbonyl (C=O) groups is 1. The van der Waals surface area contributed by atoms with Crippen LogP contribution in [0.4, 0.5) is 15.8 Å². The molecule has 0 aliphatic heterocycles. The van der Waals surface area contributed by atoms with Gasteiger partial charge in [-0.25, -0.2) is 4.39 Å². The molecular formula is C13H19ClFN3O. The van der Waals surface area contributed by atoms with Gasteiger partial charge in [0.2, 0.25) is 5.91 Å². The Hall–Kier alpha value is -1.49. The van der Waals surface area contributed by atoms with Crippen molar-refractivity contribution in [1.82, 2.24) is 5.32 Å². The fourth-order valence-corrected chi connectivity index (χ4v) is 1.60. The largest absolute Gasteiger partial charge is 0.397 e. The molecule has 1 rings (SSSR count). The number of nitrogen functional groups attached to an aromatic ring is 1. The summed E-state index contributed by atoms with van der Waals surface area (Å²) in [5, 5.41) is 5.70. The summed E-state index contributed by atoms with van der Waals surface area (Å²) >= 11 is 5.59. The Labute approximate surface area is 117 Å². The van der Waals surface area contributed by atoms with Gasteiger partial charge in [0.15, 0.2) is 0 Å². The molecule has 0 aromatic heterocycles. The van der Waals surface area contributed by atoms with Crippen LogP contribution in [0.15, 0.2) is 12.1 Å². The maximum absolute atomic E-state index is 13.2. The van der Waals surface area contributed by atoms with Crippen LogP contribution in [0.2, 0.25) is 5.02 Å². The molecule has 4 N–H and O–H groups in total. The number of nitrogens with one attached hydrogen (secondary N) is 2. The zero-order valence-corrected chi connectivity index (χ0v) is 11.9. The molecule has 0 atom stereocenters. The van der Waals surface area contributed by atoms with E-state index >= 15 is 0 Å². The van der Waals surface area contributed by atoms with E-state index in [1.165, 1.54) is 12.1 Å². The highest BCUT2D eigenvalue weighted by Gasteiger charge is 2.07. The lowest BCUT2D eigenvalue weighted by atomic mass is 10.2. The monoisotopic (exact) mass is 287 g/mol.